The number of nitrogens with zero attached hydrogens (tertiary/aromatic N) is 3. The third-order valence-corrected chi connectivity index (χ3v) is 5.61. The first-order chi connectivity index (χ1) is 12.6. The zero-order valence-corrected chi connectivity index (χ0v) is 15.9. The highest BCUT2D eigenvalue weighted by molar-refractivity contribution is 9.10. The summed E-state index contributed by atoms with van der Waals surface area (Å²) in [6, 6.07) is 17.3. The predicted octanol–water partition coefficient (Wildman–Crippen LogP) is 2.90. The summed E-state index contributed by atoms with van der Waals surface area (Å²) in [5, 5.41) is 0. The Labute approximate surface area is 161 Å². The van der Waals surface area contributed by atoms with Crippen LogP contribution < -0.4 is 9.80 Å². The van der Waals surface area contributed by atoms with E-state index in [0.717, 1.165) is 30.7 Å². The Kier molecular flexibility index (Phi) is 4.78. The molecular formula is C20H20BrN3O2. The summed E-state index contributed by atoms with van der Waals surface area (Å²) in [6.45, 7) is 3.29. The average Bonchev–Trinajstić information content (AvgIpc) is 2.98. The summed E-state index contributed by atoms with van der Waals surface area (Å²) in [7, 11) is 0. The molecule has 0 saturated carbocycles. The normalized spacial score (nSPS) is 21.5. The summed E-state index contributed by atoms with van der Waals surface area (Å²) in [5.74, 6) is -0.224. The predicted molar refractivity (Wildman–Crippen MR) is 105 cm³/mol. The van der Waals surface area contributed by atoms with Crippen molar-refractivity contribution in [3.8, 4) is 0 Å². The monoisotopic (exact) mass is 413 g/mol. The lowest BCUT2D eigenvalue weighted by molar-refractivity contribution is -0.123. The van der Waals surface area contributed by atoms with Gasteiger partial charge in [-0.1, -0.05) is 34.1 Å². The molecule has 2 aromatic rings. The summed E-state index contributed by atoms with van der Waals surface area (Å²) >= 11 is 3.38. The van der Waals surface area contributed by atoms with Crippen LogP contribution in [0.1, 0.15) is 6.42 Å². The smallest absolute Gasteiger partial charge is 0.251 e. The SMILES string of the molecule is O=C1C[C@H](N2CCN(c3ccccc3)CC2)C(=O)N1c1ccc(Br)cc1. The largest absolute Gasteiger partial charge is 0.369 e. The second kappa shape index (κ2) is 7.21. The summed E-state index contributed by atoms with van der Waals surface area (Å²) in [4.78, 5) is 31.2. The van der Waals surface area contributed by atoms with Crippen LogP contribution in [0.5, 0.6) is 0 Å². The number of amides is 2. The Balaban J connectivity index is 1.44. The minimum atomic E-state index is -0.343. The number of carbonyl (C=O) groups excluding carboxylic acids is 2. The van der Waals surface area contributed by atoms with Gasteiger partial charge in [0.1, 0.15) is 0 Å². The quantitative estimate of drug-likeness (QED) is 0.725. The molecule has 0 aliphatic carbocycles. The van der Waals surface area contributed by atoms with Gasteiger partial charge in [-0.3, -0.25) is 14.5 Å². The van der Waals surface area contributed by atoms with Gasteiger partial charge in [-0.05, 0) is 36.4 Å². The highest BCUT2D eigenvalue weighted by Gasteiger charge is 2.43. The lowest BCUT2D eigenvalue weighted by Gasteiger charge is -2.38. The van der Waals surface area contributed by atoms with Crippen molar-refractivity contribution in [2.75, 3.05) is 36.0 Å². The van der Waals surface area contributed by atoms with Crippen LogP contribution in [0, 0.1) is 0 Å². The Hall–Kier alpha value is -2.18. The molecule has 2 saturated heterocycles. The number of rotatable bonds is 3. The van der Waals surface area contributed by atoms with Crippen molar-refractivity contribution < 1.29 is 9.59 Å². The molecule has 0 spiro atoms. The van der Waals surface area contributed by atoms with Crippen LogP contribution in [0.2, 0.25) is 0 Å². The number of piperazine rings is 1. The maximum Gasteiger partial charge on any atom is 0.251 e. The van der Waals surface area contributed by atoms with E-state index >= 15 is 0 Å². The van der Waals surface area contributed by atoms with Gasteiger partial charge in [-0.15, -0.1) is 0 Å². The van der Waals surface area contributed by atoms with Gasteiger partial charge in [0, 0.05) is 36.3 Å². The first kappa shape index (κ1) is 17.2. The number of para-hydroxylation sites is 1. The molecule has 2 aliphatic rings. The van der Waals surface area contributed by atoms with E-state index in [0.29, 0.717) is 5.69 Å². The molecular weight excluding hydrogens is 394 g/mol. The van der Waals surface area contributed by atoms with Gasteiger partial charge in [-0.2, -0.15) is 0 Å². The lowest BCUT2D eigenvalue weighted by atomic mass is 10.1. The topological polar surface area (TPSA) is 43.9 Å². The van der Waals surface area contributed by atoms with Crippen LogP contribution in [0.15, 0.2) is 59.1 Å². The van der Waals surface area contributed by atoms with Crippen molar-refractivity contribution >= 4 is 39.1 Å². The van der Waals surface area contributed by atoms with Crippen molar-refractivity contribution in [2.45, 2.75) is 12.5 Å². The molecule has 0 N–H and O–H groups in total. The van der Waals surface area contributed by atoms with Crippen LogP contribution in [0.3, 0.4) is 0 Å². The van der Waals surface area contributed by atoms with Crippen molar-refractivity contribution in [2.24, 2.45) is 0 Å². The van der Waals surface area contributed by atoms with E-state index in [1.54, 1.807) is 12.1 Å². The van der Waals surface area contributed by atoms with Crippen molar-refractivity contribution in [3.05, 3.63) is 59.1 Å². The van der Waals surface area contributed by atoms with Crippen LogP contribution >= 0.6 is 15.9 Å². The summed E-state index contributed by atoms with van der Waals surface area (Å²) in [5.41, 5.74) is 1.85. The second-order valence-electron chi connectivity index (χ2n) is 6.62. The molecule has 2 aromatic carbocycles. The zero-order valence-electron chi connectivity index (χ0n) is 14.3. The molecule has 26 heavy (non-hydrogen) atoms. The fraction of sp³-hybridized carbons (Fsp3) is 0.300. The Morgan fingerprint density at radius 2 is 1.46 bits per heavy atom. The van der Waals surface area contributed by atoms with Gasteiger partial charge < -0.3 is 4.90 Å². The van der Waals surface area contributed by atoms with E-state index < -0.39 is 0 Å². The molecule has 4 rings (SSSR count). The molecule has 0 bridgehead atoms. The van der Waals surface area contributed by atoms with E-state index in [4.69, 9.17) is 0 Å². The molecule has 5 nitrogen and oxygen atoms in total. The number of hydrogen-bond acceptors (Lipinski definition) is 4. The number of hydrogen-bond donors (Lipinski definition) is 0. The molecule has 6 heteroatoms. The fourth-order valence-corrected chi connectivity index (χ4v) is 3.96. The van der Waals surface area contributed by atoms with E-state index in [1.165, 1.54) is 10.6 Å². The first-order valence-electron chi connectivity index (χ1n) is 8.80. The van der Waals surface area contributed by atoms with Crippen molar-refractivity contribution in [1.82, 2.24) is 4.90 Å². The molecule has 2 amide bonds. The number of imide groups is 1. The standard InChI is InChI=1S/C20H20BrN3O2/c21-15-6-8-17(9-7-15)24-19(25)14-18(20(24)26)23-12-10-22(11-13-23)16-4-2-1-3-5-16/h1-9,18H,10-14H2/t18-/m0/s1. The maximum atomic E-state index is 12.9. The molecule has 0 radical (unpaired) electrons. The molecule has 2 heterocycles. The van der Waals surface area contributed by atoms with Gasteiger partial charge in [0.25, 0.3) is 5.91 Å². The van der Waals surface area contributed by atoms with Crippen LogP contribution in [0.4, 0.5) is 11.4 Å². The molecule has 134 valence electrons. The molecule has 0 aromatic heterocycles. The summed E-state index contributed by atoms with van der Waals surface area (Å²) < 4.78 is 0.925. The van der Waals surface area contributed by atoms with Gasteiger partial charge in [0.05, 0.1) is 18.2 Å². The zero-order chi connectivity index (χ0) is 18.1. The first-order valence-corrected chi connectivity index (χ1v) is 9.59. The van der Waals surface area contributed by atoms with E-state index in [-0.39, 0.29) is 24.3 Å². The van der Waals surface area contributed by atoms with E-state index in [9.17, 15) is 9.59 Å². The molecule has 1 atom stereocenters. The minimum absolute atomic E-state index is 0.106. The van der Waals surface area contributed by atoms with Crippen LogP contribution in [-0.2, 0) is 9.59 Å². The molecule has 2 aliphatic heterocycles. The highest BCUT2D eigenvalue weighted by Crippen LogP contribution is 2.28. The maximum absolute atomic E-state index is 12.9. The third kappa shape index (κ3) is 3.27. The van der Waals surface area contributed by atoms with Gasteiger partial charge >= 0.3 is 0 Å². The average molecular weight is 414 g/mol. The lowest BCUT2D eigenvalue weighted by Crippen LogP contribution is -2.52. The van der Waals surface area contributed by atoms with E-state index in [2.05, 4.69) is 37.9 Å². The van der Waals surface area contributed by atoms with Crippen LogP contribution in [0.25, 0.3) is 0 Å². The highest BCUT2D eigenvalue weighted by atomic mass is 79.9. The Morgan fingerprint density at radius 3 is 2.12 bits per heavy atom. The van der Waals surface area contributed by atoms with Gasteiger partial charge in [-0.25, -0.2) is 4.90 Å². The second-order valence-corrected chi connectivity index (χ2v) is 7.54. The number of benzene rings is 2. The molecule has 2 fully saturated rings. The number of carbonyl (C=O) groups is 2. The Morgan fingerprint density at radius 1 is 0.808 bits per heavy atom. The molecule has 0 unspecified atom stereocenters. The Bertz CT molecular complexity index is 802. The third-order valence-electron chi connectivity index (χ3n) is 5.08. The summed E-state index contributed by atoms with van der Waals surface area (Å²) in [6.07, 6.45) is 0.264. The van der Waals surface area contributed by atoms with Crippen molar-refractivity contribution in [3.63, 3.8) is 0 Å². The number of anilines is 2. The van der Waals surface area contributed by atoms with Gasteiger partial charge in [0.15, 0.2) is 0 Å². The fourth-order valence-electron chi connectivity index (χ4n) is 3.69. The minimum Gasteiger partial charge on any atom is -0.369 e. The van der Waals surface area contributed by atoms with Gasteiger partial charge in [0.2, 0.25) is 5.91 Å². The van der Waals surface area contributed by atoms with E-state index in [1.807, 2.05) is 30.3 Å². The van der Waals surface area contributed by atoms with Crippen LogP contribution in [-0.4, -0.2) is 48.9 Å². The number of halogens is 1. The van der Waals surface area contributed by atoms with Crippen molar-refractivity contribution in [1.29, 1.82) is 0 Å².